The molecule has 0 atom stereocenters. The molecule has 0 aliphatic rings. The summed E-state index contributed by atoms with van der Waals surface area (Å²) in [5, 5.41) is 3.27. The number of hydrogen-bond acceptors (Lipinski definition) is 3. The van der Waals surface area contributed by atoms with E-state index in [1.54, 1.807) is 25.2 Å². The van der Waals surface area contributed by atoms with E-state index in [9.17, 15) is 9.18 Å². The molecule has 6 heteroatoms. The van der Waals surface area contributed by atoms with Crippen molar-refractivity contribution in [2.24, 2.45) is 0 Å². The Bertz CT molecular complexity index is 663. The van der Waals surface area contributed by atoms with Crippen LogP contribution in [-0.2, 0) is 0 Å². The van der Waals surface area contributed by atoms with E-state index in [0.717, 1.165) is 0 Å². The number of anilines is 2. The van der Waals surface area contributed by atoms with Crippen LogP contribution in [-0.4, -0.2) is 24.5 Å². The van der Waals surface area contributed by atoms with E-state index in [1.807, 2.05) is 6.92 Å². The molecule has 0 fully saturated rings. The van der Waals surface area contributed by atoms with E-state index in [1.165, 1.54) is 23.2 Å². The summed E-state index contributed by atoms with van der Waals surface area (Å²) in [7, 11) is 1.57. The van der Waals surface area contributed by atoms with E-state index in [4.69, 9.17) is 11.6 Å². The lowest BCUT2D eigenvalue weighted by atomic mass is 10.2. The number of rotatable bonds is 4. The Morgan fingerprint density at radius 2 is 2.19 bits per heavy atom. The second-order valence-electron chi connectivity index (χ2n) is 4.42. The van der Waals surface area contributed by atoms with E-state index in [0.29, 0.717) is 23.6 Å². The number of hydrogen-bond donors (Lipinski definition) is 1. The predicted octanol–water partition coefficient (Wildman–Crippen LogP) is 3.58. The molecule has 2 rings (SSSR count). The number of nitrogens with zero attached hydrogens (tertiary/aromatic N) is 2. The van der Waals surface area contributed by atoms with E-state index < -0.39 is 5.82 Å². The number of carbonyl (C=O) groups excluding carboxylic acids is 1. The summed E-state index contributed by atoms with van der Waals surface area (Å²) in [5.41, 5.74) is 0.771. The quantitative estimate of drug-likeness (QED) is 0.939. The van der Waals surface area contributed by atoms with Crippen LogP contribution in [0.5, 0.6) is 0 Å². The normalized spacial score (nSPS) is 10.3. The van der Waals surface area contributed by atoms with Crippen LogP contribution in [0.4, 0.5) is 15.9 Å². The van der Waals surface area contributed by atoms with Gasteiger partial charge in [0.2, 0.25) is 0 Å². The van der Waals surface area contributed by atoms with E-state index in [-0.39, 0.29) is 10.9 Å². The Hall–Kier alpha value is -2.14. The van der Waals surface area contributed by atoms with Crippen molar-refractivity contribution < 1.29 is 9.18 Å². The van der Waals surface area contributed by atoms with Gasteiger partial charge in [-0.05, 0) is 31.2 Å². The highest BCUT2D eigenvalue weighted by molar-refractivity contribution is 6.34. The second kappa shape index (κ2) is 6.54. The Kier molecular flexibility index (Phi) is 4.75. The third-order valence-corrected chi connectivity index (χ3v) is 3.24. The highest BCUT2D eigenvalue weighted by atomic mass is 35.5. The zero-order valence-corrected chi connectivity index (χ0v) is 12.5. The molecule has 1 aromatic carbocycles. The van der Waals surface area contributed by atoms with Crippen LogP contribution < -0.4 is 10.2 Å². The third-order valence-electron chi connectivity index (χ3n) is 2.94. The van der Waals surface area contributed by atoms with Crippen LogP contribution in [0.25, 0.3) is 0 Å². The summed E-state index contributed by atoms with van der Waals surface area (Å²) in [6.07, 6.45) is 1.42. The maximum absolute atomic E-state index is 13.3. The summed E-state index contributed by atoms with van der Waals surface area (Å²) in [6.45, 7) is 2.61. The average molecular weight is 308 g/mol. The lowest BCUT2D eigenvalue weighted by Crippen LogP contribution is -2.26. The zero-order chi connectivity index (χ0) is 15.4. The topological polar surface area (TPSA) is 45.2 Å². The van der Waals surface area contributed by atoms with Crippen LogP contribution in [0.3, 0.4) is 0 Å². The van der Waals surface area contributed by atoms with Crippen LogP contribution in [0.2, 0.25) is 5.02 Å². The van der Waals surface area contributed by atoms with Gasteiger partial charge in [-0.1, -0.05) is 17.7 Å². The first-order valence-electron chi connectivity index (χ1n) is 6.46. The Morgan fingerprint density at radius 1 is 1.43 bits per heavy atom. The van der Waals surface area contributed by atoms with Gasteiger partial charge in [0.15, 0.2) is 0 Å². The minimum Gasteiger partial charge on any atom is -0.370 e. The molecule has 1 N–H and O–H groups in total. The first-order valence-corrected chi connectivity index (χ1v) is 6.83. The number of halogens is 2. The van der Waals surface area contributed by atoms with E-state index >= 15 is 0 Å². The highest BCUT2D eigenvalue weighted by Crippen LogP contribution is 2.22. The van der Waals surface area contributed by atoms with Gasteiger partial charge in [0, 0.05) is 25.5 Å². The lowest BCUT2D eigenvalue weighted by Gasteiger charge is -2.18. The van der Waals surface area contributed by atoms with Crippen molar-refractivity contribution in [2.75, 3.05) is 23.8 Å². The van der Waals surface area contributed by atoms with Crippen molar-refractivity contribution >= 4 is 29.0 Å². The fraction of sp³-hybridized carbons (Fsp3) is 0.200. The molecule has 0 saturated carbocycles. The summed E-state index contributed by atoms with van der Waals surface area (Å²) in [5.74, 6) is -0.161. The van der Waals surface area contributed by atoms with Gasteiger partial charge in [-0.2, -0.15) is 0 Å². The molecule has 0 aliphatic carbocycles. The predicted molar refractivity (Wildman–Crippen MR) is 82.5 cm³/mol. The molecule has 1 aromatic heterocycles. The van der Waals surface area contributed by atoms with Gasteiger partial charge in [0.25, 0.3) is 5.91 Å². The Morgan fingerprint density at radius 3 is 2.86 bits per heavy atom. The molecular weight excluding hydrogens is 293 g/mol. The van der Waals surface area contributed by atoms with Crippen LogP contribution in [0.1, 0.15) is 17.3 Å². The van der Waals surface area contributed by atoms with Crippen molar-refractivity contribution in [3.05, 3.63) is 52.9 Å². The molecule has 1 heterocycles. The summed E-state index contributed by atoms with van der Waals surface area (Å²) < 4.78 is 13.3. The monoisotopic (exact) mass is 307 g/mol. The van der Waals surface area contributed by atoms with Crippen molar-refractivity contribution in [1.82, 2.24) is 4.98 Å². The molecule has 4 nitrogen and oxygen atoms in total. The number of nitrogens with one attached hydrogen (secondary N) is 1. The van der Waals surface area contributed by atoms with Gasteiger partial charge in [0.1, 0.15) is 11.6 Å². The SMILES string of the molecule is CCNc1cc(C(=O)N(C)c2cccc(F)c2)c(Cl)cn1. The van der Waals surface area contributed by atoms with E-state index in [2.05, 4.69) is 10.3 Å². The zero-order valence-electron chi connectivity index (χ0n) is 11.7. The van der Waals surface area contributed by atoms with Gasteiger partial charge in [-0.15, -0.1) is 0 Å². The van der Waals surface area contributed by atoms with Crippen molar-refractivity contribution in [1.29, 1.82) is 0 Å². The number of amides is 1. The number of carbonyl (C=O) groups is 1. The Balaban J connectivity index is 2.32. The van der Waals surface area contributed by atoms with Crippen molar-refractivity contribution in [2.45, 2.75) is 6.92 Å². The van der Waals surface area contributed by atoms with Crippen LogP contribution in [0, 0.1) is 5.82 Å². The van der Waals surface area contributed by atoms with Crippen LogP contribution in [0.15, 0.2) is 36.5 Å². The first-order chi connectivity index (χ1) is 10.0. The minimum atomic E-state index is -0.402. The molecule has 2 aromatic rings. The lowest BCUT2D eigenvalue weighted by molar-refractivity contribution is 0.0993. The first kappa shape index (κ1) is 15.3. The molecular formula is C15H15ClFN3O. The van der Waals surface area contributed by atoms with Gasteiger partial charge >= 0.3 is 0 Å². The van der Waals surface area contributed by atoms with Crippen LogP contribution >= 0.6 is 11.6 Å². The molecule has 0 saturated heterocycles. The Labute approximate surface area is 127 Å². The largest absolute Gasteiger partial charge is 0.370 e. The van der Waals surface area contributed by atoms with Gasteiger partial charge in [-0.25, -0.2) is 9.37 Å². The molecule has 0 bridgehead atoms. The molecule has 0 aliphatic heterocycles. The summed E-state index contributed by atoms with van der Waals surface area (Å²) in [4.78, 5) is 17.9. The molecule has 1 amide bonds. The average Bonchev–Trinajstić information content (AvgIpc) is 2.48. The smallest absolute Gasteiger partial charge is 0.259 e. The molecule has 21 heavy (non-hydrogen) atoms. The van der Waals surface area contributed by atoms with Gasteiger partial charge < -0.3 is 10.2 Å². The van der Waals surface area contributed by atoms with Crippen molar-refractivity contribution in [3.8, 4) is 0 Å². The highest BCUT2D eigenvalue weighted by Gasteiger charge is 2.18. The van der Waals surface area contributed by atoms with Crippen molar-refractivity contribution in [3.63, 3.8) is 0 Å². The fourth-order valence-electron chi connectivity index (χ4n) is 1.86. The molecule has 0 spiro atoms. The third kappa shape index (κ3) is 3.49. The van der Waals surface area contributed by atoms with Gasteiger partial charge in [0.05, 0.1) is 10.6 Å². The number of aromatic nitrogens is 1. The summed E-state index contributed by atoms with van der Waals surface area (Å²) >= 11 is 6.04. The number of pyridine rings is 1. The number of benzene rings is 1. The standard InChI is InChI=1S/C15H15ClFN3O/c1-3-18-14-8-12(13(16)9-19-14)15(21)20(2)11-6-4-5-10(17)7-11/h4-9H,3H2,1-2H3,(H,18,19). The molecule has 0 unspecified atom stereocenters. The minimum absolute atomic E-state index is 0.255. The molecule has 0 radical (unpaired) electrons. The fourth-order valence-corrected chi connectivity index (χ4v) is 2.05. The molecule has 110 valence electrons. The maximum atomic E-state index is 13.3. The summed E-state index contributed by atoms with van der Waals surface area (Å²) in [6, 6.07) is 7.40. The van der Waals surface area contributed by atoms with Gasteiger partial charge in [-0.3, -0.25) is 4.79 Å². The second-order valence-corrected chi connectivity index (χ2v) is 4.83. The maximum Gasteiger partial charge on any atom is 0.259 e.